The summed E-state index contributed by atoms with van der Waals surface area (Å²) in [5, 5.41) is 3.28. The first-order chi connectivity index (χ1) is 8.81. The van der Waals surface area contributed by atoms with Crippen molar-refractivity contribution in [3.05, 3.63) is 36.4 Å². The Morgan fingerprint density at radius 2 is 2.05 bits per heavy atom. The third-order valence-electron chi connectivity index (χ3n) is 2.40. The van der Waals surface area contributed by atoms with Crippen LogP contribution in [0.2, 0.25) is 0 Å². The Morgan fingerprint density at radius 3 is 2.68 bits per heavy atom. The summed E-state index contributed by atoms with van der Waals surface area (Å²) in [6, 6.07) is 5.90. The van der Waals surface area contributed by atoms with Gasteiger partial charge in [0.15, 0.2) is 11.5 Å². The zero-order valence-electron chi connectivity index (χ0n) is 11.4. The van der Waals surface area contributed by atoms with Gasteiger partial charge in [-0.15, -0.1) is 0 Å². The van der Waals surface area contributed by atoms with Gasteiger partial charge in [0.2, 0.25) is 0 Å². The smallest absolute Gasteiger partial charge is 0.161 e. The minimum atomic E-state index is 0. The van der Waals surface area contributed by atoms with Crippen LogP contribution in [0.25, 0.3) is 0 Å². The van der Waals surface area contributed by atoms with Crippen LogP contribution in [0.3, 0.4) is 0 Å². The molecule has 0 aliphatic rings. The number of hydrogen-bond donors (Lipinski definition) is 1. The molecule has 0 bridgehead atoms. The Bertz CT molecular complexity index is 372. The van der Waals surface area contributed by atoms with Gasteiger partial charge in [-0.1, -0.05) is 18.7 Å². The zero-order valence-corrected chi connectivity index (χ0v) is 12.2. The molecule has 0 fully saturated rings. The minimum absolute atomic E-state index is 0. The van der Waals surface area contributed by atoms with Crippen molar-refractivity contribution < 1.29 is 26.6 Å². The summed E-state index contributed by atoms with van der Waals surface area (Å²) in [6.45, 7) is 6.41. The first-order valence-corrected chi connectivity index (χ1v) is 5.92. The molecule has 108 valence electrons. The fraction of sp³-hybridized carbons (Fsp3) is 0.429. The van der Waals surface area contributed by atoms with Gasteiger partial charge in [-0.3, -0.25) is 0 Å². The van der Waals surface area contributed by atoms with Crippen LogP contribution in [0, 0.1) is 0 Å². The molecule has 0 aliphatic carbocycles. The van der Waals surface area contributed by atoms with E-state index in [1.165, 1.54) is 0 Å². The Morgan fingerprint density at radius 1 is 1.26 bits per heavy atom. The van der Waals surface area contributed by atoms with Crippen LogP contribution >= 0.6 is 0 Å². The van der Waals surface area contributed by atoms with Gasteiger partial charge in [0.1, 0.15) is 6.61 Å². The van der Waals surface area contributed by atoms with Crippen molar-refractivity contribution in [1.29, 1.82) is 0 Å². The van der Waals surface area contributed by atoms with Gasteiger partial charge in [-0.25, -0.2) is 0 Å². The Balaban J connectivity index is 0.00000324. The molecule has 0 atom stereocenters. The quantitative estimate of drug-likeness (QED) is 0.467. The average molecular weight is 287 g/mol. The number of hydrogen-bond acceptors (Lipinski definition) is 4. The molecule has 0 unspecified atom stereocenters. The lowest BCUT2D eigenvalue weighted by Crippen LogP contribution is -3.00. The molecule has 1 aromatic rings. The van der Waals surface area contributed by atoms with Gasteiger partial charge >= 0.3 is 0 Å². The molecule has 4 nitrogen and oxygen atoms in total. The average Bonchev–Trinajstić information content (AvgIpc) is 2.41. The summed E-state index contributed by atoms with van der Waals surface area (Å²) in [4.78, 5) is 0. The third kappa shape index (κ3) is 6.47. The highest BCUT2D eigenvalue weighted by Gasteiger charge is 2.04. The Kier molecular flexibility index (Phi) is 9.98. The second kappa shape index (κ2) is 10.7. The Labute approximate surface area is 121 Å². The van der Waals surface area contributed by atoms with E-state index in [0.29, 0.717) is 13.2 Å². The van der Waals surface area contributed by atoms with E-state index in [9.17, 15) is 0 Å². The molecular formula is C14H21ClNO3-. The maximum atomic E-state index is 5.49. The number of methoxy groups -OCH3 is 2. The van der Waals surface area contributed by atoms with Crippen LogP contribution in [-0.4, -0.2) is 34.0 Å². The molecule has 0 amide bonds. The molecule has 0 aromatic heterocycles. The fourth-order valence-electron chi connectivity index (χ4n) is 1.50. The van der Waals surface area contributed by atoms with Crippen LogP contribution in [0.1, 0.15) is 5.56 Å². The molecule has 5 heteroatoms. The van der Waals surface area contributed by atoms with Gasteiger partial charge in [-0.2, -0.15) is 0 Å². The van der Waals surface area contributed by atoms with Crippen LogP contribution in [0.5, 0.6) is 11.5 Å². The third-order valence-corrected chi connectivity index (χ3v) is 2.40. The normalized spacial score (nSPS) is 9.58. The van der Waals surface area contributed by atoms with Gasteiger partial charge in [-0.05, 0) is 17.7 Å². The highest BCUT2D eigenvalue weighted by atomic mass is 35.5. The van der Waals surface area contributed by atoms with Crippen molar-refractivity contribution in [2.75, 3.05) is 34.0 Å². The lowest BCUT2D eigenvalue weighted by molar-refractivity contribution is -0.00000473. The van der Waals surface area contributed by atoms with Crippen molar-refractivity contribution >= 4 is 0 Å². The van der Waals surface area contributed by atoms with E-state index in [4.69, 9.17) is 14.2 Å². The molecule has 1 N–H and O–H groups in total. The molecule has 0 saturated carbocycles. The molecule has 1 aromatic carbocycles. The summed E-state index contributed by atoms with van der Waals surface area (Å²) in [5.41, 5.74) is 1.15. The standard InChI is InChI=1S/C14H21NO3.ClH/c1-4-8-18-13-6-5-12(10-14(13)17-3)11-15-7-9-16-2;/h4-6,10,15H,1,7-9,11H2,2-3H3;1H/p-1. The maximum absolute atomic E-state index is 5.49. The molecule has 0 radical (unpaired) electrons. The molecule has 0 spiro atoms. The summed E-state index contributed by atoms with van der Waals surface area (Å²) in [7, 11) is 3.33. The van der Waals surface area contributed by atoms with E-state index in [-0.39, 0.29) is 12.4 Å². The topological polar surface area (TPSA) is 39.7 Å². The molecule has 0 heterocycles. The van der Waals surface area contributed by atoms with Crippen molar-refractivity contribution in [3.8, 4) is 11.5 Å². The number of halogens is 1. The summed E-state index contributed by atoms with van der Waals surface area (Å²) < 4.78 is 15.8. The van der Waals surface area contributed by atoms with Crippen molar-refractivity contribution in [3.63, 3.8) is 0 Å². The monoisotopic (exact) mass is 286 g/mol. The Hall–Kier alpha value is -1.23. The van der Waals surface area contributed by atoms with Crippen LogP contribution in [-0.2, 0) is 11.3 Å². The molecule has 0 saturated heterocycles. The maximum Gasteiger partial charge on any atom is 0.161 e. The summed E-state index contributed by atoms with van der Waals surface area (Å²) in [6.07, 6.45) is 1.71. The number of nitrogens with one attached hydrogen (secondary N) is 1. The molecule has 19 heavy (non-hydrogen) atoms. The fourth-order valence-corrected chi connectivity index (χ4v) is 1.50. The first-order valence-electron chi connectivity index (χ1n) is 5.92. The second-order valence-electron chi connectivity index (χ2n) is 3.75. The summed E-state index contributed by atoms with van der Waals surface area (Å²) >= 11 is 0. The number of benzene rings is 1. The van der Waals surface area contributed by atoms with Gasteiger partial charge < -0.3 is 31.9 Å². The predicted octanol–water partition coefficient (Wildman–Crippen LogP) is -1.000. The van der Waals surface area contributed by atoms with E-state index in [0.717, 1.165) is 30.2 Å². The van der Waals surface area contributed by atoms with Gasteiger partial charge in [0.05, 0.1) is 13.7 Å². The number of rotatable bonds is 9. The van der Waals surface area contributed by atoms with Crippen molar-refractivity contribution in [2.24, 2.45) is 0 Å². The van der Waals surface area contributed by atoms with E-state index in [2.05, 4.69) is 11.9 Å². The number of ether oxygens (including phenoxy) is 3. The SMILES string of the molecule is C=CCOc1ccc(CNCCOC)cc1OC.[Cl-]. The molecule has 1 rings (SSSR count). The van der Waals surface area contributed by atoms with Crippen LogP contribution in [0.15, 0.2) is 30.9 Å². The van der Waals surface area contributed by atoms with Crippen molar-refractivity contribution in [1.82, 2.24) is 5.32 Å². The lowest BCUT2D eigenvalue weighted by Gasteiger charge is -2.11. The largest absolute Gasteiger partial charge is 1.00 e. The van der Waals surface area contributed by atoms with Crippen LogP contribution in [0.4, 0.5) is 0 Å². The first kappa shape index (κ1) is 17.8. The minimum Gasteiger partial charge on any atom is -1.00 e. The van der Waals surface area contributed by atoms with E-state index in [1.807, 2.05) is 18.2 Å². The van der Waals surface area contributed by atoms with E-state index >= 15 is 0 Å². The van der Waals surface area contributed by atoms with Gasteiger partial charge in [0, 0.05) is 20.2 Å². The van der Waals surface area contributed by atoms with Crippen molar-refractivity contribution in [2.45, 2.75) is 6.54 Å². The molecular weight excluding hydrogens is 266 g/mol. The van der Waals surface area contributed by atoms with Crippen LogP contribution < -0.4 is 27.2 Å². The summed E-state index contributed by atoms with van der Waals surface area (Å²) in [5.74, 6) is 1.47. The van der Waals surface area contributed by atoms with E-state index < -0.39 is 0 Å². The highest BCUT2D eigenvalue weighted by Crippen LogP contribution is 2.27. The lowest BCUT2D eigenvalue weighted by atomic mass is 10.2. The zero-order chi connectivity index (χ0) is 13.2. The highest BCUT2D eigenvalue weighted by molar-refractivity contribution is 5.43. The van der Waals surface area contributed by atoms with Gasteiger partial charge in [0.25, 0.3) is 0 Å². The van der Waals surface area contributed by atoms with E-state index in [1.54, 1.807) is 20.3 Å². The second-order valence-corrected chi connectivity index (χ2v) is 3.75. The molecule has 0 aliphatic heterocycles. The predicted molar refractivity (Wildman–Crippen MR) is 72.3 cm³/mol.